The third-order valence-electron chi connectivity index (χ3n) is 2.88. The van der Waals surface area contributed by atoms with Crippen molar-refractivity contribution < 1.29 is 4.79 Å². The van der Waals surface area contributed by atoms with Gasteiger partial charge in [-0.15, -0.1) is 0 Å². The Balaban J connectivity index is 2.51. The summed E-state index contributed by atoms with van der Waals surface area (Å²) in [6, 6.07) is 12.3. The normalized spacial score (nSPS) is 12.2. The lowest BCUT2D eigenvalue weighted by Crippen LogP contribution is -2.11. The highest BCUT2D eigenvalue weighted by atomic mass is 35.5. The van der Waals surface area contributed by atoms with Crippen molar-refractivity contribution in [3.05, 3.63) is 68.7 Å². The summed E-state index contributed by atoms with van der Waals surface area (Å²) in [4.78, 5) is 11.9. The van der Waals surface area contributed by atoms with Gasteiger partial charge in [0.25, 0.3) is 0 Å². The van der Waals surface area contributed by atoms with Gasteiger partial charge in [-0.1, -0.05) is 53.0 Å². The third kappa shape index (κ3) is 3.30. The average Bonchev–Trinajstić information content (AvgIpc) is 2.34. The lowest BCUT2D eigenvalue weighted by Gasteiger charge is -2.16. The first-order chi connectivity index (χ1) is 8.99. The van der Waals surface area contributed by atoms with Gasteiger partial charge in [0, 0.05) is 15.1 Å². The van der Waals surface area contributed by atoms with E-state index in [1.165, 1.54) is 0 Å². The first kappa shape index (κ1) is 14.4. The molecule has 2 rings (SSSR count). The molecule has 0 bridgehead atoms. The zero-order valence-electron chi connectivity index (χ0n) is 10.2. The van der Waals surface area contributed by atoms with Gasteiger partial charge in [0.15, 0.2) is 0 Å². The molecule has 0 aliphatic heterocycles. The number of hydrogen-bond donors (Lipinski definition) is 0. The zero-order valence-corrected chi connectivity index (χ0v) is 12.4. The van der Waals surface area contributed by atoms with E-state index in [1.54, 1.807) is 37.3 Å². The Morgan fingerprint density at radius 1 is 0.947 bits per heavy atom. The SMILES string of the molecule is CC(=O)C(c1ccc(Cl)cc1)c1ccc(Cl)cc1Cl. The number of Topliss-reactive ketones (excluding diaryl/α,β-unsaturated/α-hetero) is 1. The topological polar surface area (TPSA) is 17.1 Å². The Hall–Kier alpha value is -1.02. The van der Waals surface area contributed by atoms with Crippen molar-refractivity contribution in [2.75, 3.05) is 0 Å². The van der Waals surface area contributed by atoms with E-state index in [2.05, 4.69) is 0 Å². The highest BCUT2D eigenvalue weighted by Gasteiger charge is 2.21. The number of benzene rings is 2. The molecule has 0 aliphatic rings. The number of ketones is 1. The van der Waals surface area contributed by atoms with Gasteiger partial charge in [0.1, 0.15) is 5.78 Å². The van der Waals surface area contributed by atoms with E-state index in [-0.39, 0.29) is 5.78 Å². The lowest BCUT2D eigenvalue weighted by molar-refractivity contribution is -0.117. The van der Waals surface area contributed by atoms with Crippen LogP contribution in [0.15, 0.2) is 42.5 Å². The van der Waals surface area contributed by atoms with E-state index in [9.17, 15) is 4.79 Å². The molecule has 2 aromatic rings. The molecule has 2 aromatic carbocycles. The zero-order chi connectivity index (χ0) is 14.0. The Bertz CT molecular complexity index is 605. The minimum Gasteiger partial charge on any atom is -0.299 e. The van der Waals surface area contributed by atoms with Crippen LogP contribution in [0.3, 0.4) is 0 Å². The molecule has 0 fully saturated rings. The van der Waals surface area contributed by atoms with E-state index in [0.29, 0.717) is 15.1 Å². The number of halogens is 3. The quantitative estimate of drug-likeness (QED) is 0.744. The molecule has 0 spiro atoms. The van der Waals surface area contributed by atoms with Crippen molar-refractivity contribution in [1.29, 1.82) is 0 Å². The summed E-state index contributed by atoms with van der Waals surface area (Å²) in [7, 11) is 0. The second kappa shape index (κ2) is 5.96. The molecule has 0 amide bonds. The fraction of sp³-hybridized carbons (Fsp3) is 0.133. The number of rotatable bonds is 3. The van der Waals surface area contributed by atoms with Gasteiger partial charge in [-0.3, -0.25) is 4.79 Å². The summed E-state index contributed by atoms with van der Waals surface area (Å²) in [6.07, 6.45) is 0. The van der Waals surface area contributed by atoms with Crippen LogP contribution in [-0.2, 0) is 4.79 Å². The van der Waals surface area contributed by atoms with Crippen molar-refractivity contribution in [2.45, 2.75) is 12.8 Å². The van der Waals surface area contributed by atoms with Crippen molar-refractivity contribution >= 4 is 40.6 Å². The summed E-state index contributed by atoms with van der Waals surface area (Å²) in [5.41, 5.74) is 1.61. The molecule has 1 atom stereocenters. The number of carbonyl (C=O) groups excluding carboxylic acids is 1. The van der Waals surface area contributed by atoms with Crippen LogP contribution < -0.4 is 0 Å². The van der Waals surface area contributed by atoms with Crippen LogP contribution in [0.1, 0.15) is 24.0 Å². The Kier molecular flexibility index (Phi) is 4.51. The average molecular weight is 314 g/mol. The largest absolute Gasteiger partial charge is 0.299 e. The van der Waals surface area contributed by atoms with Crippen LogP contribution in [-0.4, -0.2) is 5.78 Å². The second-order valence-electron chi connectivity index (χ2n) is 4.26. The molecule has 0 aromatic heterocycles. The minimum atomic E-state index is -0.401. The van der Waals surface area contributed by atoms with Crippen molar-refractivity contribution in [2.24, 2.45) is 0 Å². The van der Waals surface area contributed by atoms with E-state index >= 15 is 0 Å². The first-order valence-electron chi connectivity index (χ1n) is 5.70. The molecule has 19 heavy (non-hydrogen) atoms. The molecule has 0 saturated heterocycles. The Morgan fingerprint density at radius 2 is 1.53 bits per heavy atom. The van der Waals surface area contributed by atoms with Crippen molar-refractivity contribution in [3.8, 4) is 0 Å². The minimum absolute atomic E-state index is 0.0199. The fourth-order valence-electron chi connectivity index (χ4n) is 2.02. The molecule has 0 heterocycles. The van der Waals surface area contributed by atoms with Crippen LogP contribution in [0.4, 0.5) is 0 Å². The van der Waals surface area contributed by atoms with Gasteiger partial charge in [0.05, 0.1) is 5.92 Å². The van der Waals surface area contributed by atoms with Gasteiger partial charge in [-0.25, -0.2) is 0 Å². The smallest absolute Gasteiger partial charge is 0.141 e. The van der Waals surface area contributed by atoms with E-state index < -0.39 is 5.92 Å². The summed E-state index contributed by atoms with van der Waals surface area (Å²) < 4.78 is 0. The monoisotopic (exact) mass is 312 g/mol. The molecular formula is C15H11Cl3O. The molecule has 1 unspecified atom stereocenters. The maximum absolute atomic E-state index is 11.9. The first-order valence-corrected chi connectivity index (χ1v) is 6.83. The predicted molar refractivity (Wildman–Crippen MR) is 80.4 cm³/mol. The maximum atomic E-state index is 11.9. The highest BCUT2D eigenvalue weighted by molar-refractivity contribution is 6.35. The van der Waals surface area contributed by atoms with Crippen LogP contribution in [0.2, 0.25) is 15.1 Å². The molecule has 98 valence electrons. The third-order valence-corrected chi connectivity index (χ3v) is 3.70. The fourth-order valence-corrected chi connectivity index (χ4v) is 2.67. The maximum Gasteiger partial charge on any atom is 0.141 e. The second-order valence-corrected chi connectivity index (χ2v) is 5.54. The molecular weight excluding hydrogens is 303 g/mol. The van der Waals surface area contributed by atoms with Crippen molar-refractivity contribution in [1.82, 2.24) is 0 Å². The molecule has 4 heteroatoms. The summed E-state index contributed by atoms with van der Waals surface area (Å²) in [6.45, 7) is 1.55. The molecule has 0 radical (unpaired) electrons. The molecule has 1 nitrogen and oxygen atoms in total. The standard InChI is InChI=1S/C15H11Cl3O/c1-9(19)15(10-2-4-11(16)5-3-10)13-7-6-12(17)8-14(13)18/h2-8,15H,1H3. The number of carbonyl (C=O) groups is 1. The van der Waals surface area contributed by atoms with Crippen molar-refractivity contribution in [3.63, 3.8) is 0 Å². The van der Waals surface area contributed by atoms with E-state index in [1.807, 2.05) is 12.1 Å². The number of hydrogen-bond acceptors (Lipinski definition) is 1. The molecule has 0 saturated carbocycles. The van der Waals surface area contributed by atoms with Gasteiger partial charge in [0.2, 0.25) is 0 Å². The van der Waals surface area contributed by atoms with Gasteiger partial charge in [-0.2, -0.15) is 0 Å². The van der Waals surface area contributed by atoms with Gasteiger partial charge < -0.3 is 0 Å². The summed E-state index contributed by atoms with van der Waals surface area (Å²) in [5.74, 6) is -0.381. The van der Waals surface area contributed by atoms with Gasteiger partial charge in [-0.05, 0) is 42.3 Å². The van der Waals surface area contributed by atoms with Crippen LogP contribution >= 0.6 is 34.8 Å². The van der Waals surface area contributed by atoms with Gasteiger partial charge >= 0.3 is 0 Å². The van der Waals surface area contributed by atoms with E-state index in [4.69, 9.17) is 34.8 Å². The Morgan fingerprint density at radius 3 is 2.05 bits per heavy atom. The summed E-state index contributed by atoms with van der Waals surface area (Å²) in [5, 5.41) is 1.67. The lowest BCUT2D eigenvalue weighted by atomic mass is 9.88. The predicted octanol–water partition coefficient (Wildman–Crippen LogP) is 5.37. The Labute approximate surface area is 127 Å². The van der Waals surface area contributed by atoms with E-state index in [0.717, 1.165) is 11.1 Å². The summed E-state index contributed by atoms with van der Waals surface area (Å²) >= 11 is 17.9. The van der Waals surface area contributed by atoms with Crippen LogP contribution in [0, 0.1) is 0 Å². The molecule has 0 aliphatic carbocycles. The highest BCUT2D eigenvalue weighted by Crippen LogP contribution is 2.33. The van der Waals surface area contributed by atoms with Crippen LogP contribution in [0.25, 0.3) is 0 Å². The molecule has 0 N–H and O–H groups in total. The van der Waals surface area contributed by atoms with Crippen LogP contribution in [0.5, 0.6) is 0 Å².